The summed E-state index contributed by atoms with van der Waals surface area (Å²) in [5, 5.41) is 0. The van der Waals surface area contributed by atoms with E-state index in [0.29, 0.717) is 19.1 Å². The van der Waals surface area contributed by atoms with E-state index in [1.54, 1.807) is 0 Å². The molecule has 1 aromatic heterocycles. The molecule has 1 aromatic rings. The number of hydrogen-bond donors (Lipinski definition) is 0. The van der Waals surface area contributed by atoms with Crippen LogP contribution in [-0.2, 0) is 16.1 Å². The van der Waals surface area contributed by atoms with Crippen molar-refractivity contribution in [2.75, 3.05) is 52.5 Å². The first kappa shape index (κ1) is 24.1. The van der Waals surface area contributed by atoms with E-state index in [1.807, 2.05) is 39.0 Å². The fourth-order valence-electron chi connectivity index (χ4n) is 3.09. The van der Waals surface area contributed by atoms with Crippen LogP contribution in [0.1, 0.15) is 53.7 Å². The van der Waals surface area contributed by atoms with Crippen molar-refractivity contribution in [3.63, 3.8) is 0 Å². The lowest BCUT2D eigenvalue weighted by Gasteiger charge is -2.35. The molecule has 0 amide bonds. The molecule has 0 N–H and O–H groups in total. The molecule has 0 aliphatic carbocycles. The second kappa shape index (κ2) is 11.3. The van der Waals surface area contributed by atoms with Crippen LogP contribution in [0.2, 0.25) is 0 Å². The lowest BCUT2D eigenvalue weighted by Crippen LogP contribution is -2.47. The average Bonchev–Trinajstić information content (AvgIpc) is 2.64. The highest BCUT2D eigenvalue weighted by molar-refractivity contribution is 5.15. The minimum atomic E-state index is -0.165. The second-order valence-corrected chi connectivity index (χ2v) is 9.71. The molecule has 6 nitrogen and oxygen atoms in total. The van der Waals surface area contributed by atoms with E-state index >= 15 is 0 Å². The predicted molar refractivity (Wildman–Crippen MR) is 117 cm³/mol. The lowest BCUT2D eigenvalue weighted by atomic mass is 10.2. The number of hydrogen-bond acceptors (Lipinski definition) is 6. The number of nitrogens with zero attached hydrogens (tertiary/aromatic N) is 3. The predicted octanol–water partition coefficient (Wildman–Crippen LogP) is 3.60. The summed E-state index contributed by atoms with van der Waals surface area (Å²) in [5.41, 5.74) is 0.696. The number of aromatic nitrogens is 1. The third-order valence-corrected chi connectivity index (χ3v) is 4.71. The maximum absolute atomic E-state index is 5.86. The van der Waals surface area contributed by atoms with Crippen LogP contribution >= 0.6 is 0 Å². The van der Waals surface area contributed by atoms with Gasteiger partial charge < -0.3 is 19.1 Å². The Morgan fingerprint density at radius 1 is 0.828 bits per heavy atom. The van der Waals surface area contributed by atoms with Crippen LogP contribution in [0.25, 0.3) is 0 Å². The van der Waals surface area contributed by atoms with Crippen molar-refractivity contribution in [3.05, 3.63) is 23.9 Å². The number of piperazine rings is 1. The smallest absolute Gasteiger partial charge is 0.213 e. The van der Waals surface area contributed by atoms with Crippen molar-refractivity contribution < 1.29 is 14.2 Å². The molecule has 1 saturated heterocycles. The Balaban J connectivity index is 1.58. The lowest BCUT2D eigenvalue weighted by molar-refractivity contribution is -0.0180. The van der Waals surface area contributed by atoms with Crippen LogP contribution in [0.4, 0.5) is 0 Å². The average molecular weight is 408 g/mol. The van der Waals surface area contributed by atoms with Gasteiger partial charge in [-0.25, -0.2) is 4.98 Å². The third-order valence-electron chi connectivity index (χ3n) is 4.71. The van der Waals surface area contributed by atoms with Gasteiger partial charge in [0.25, 0.3) is 0 Å². The van der Waals surface area contributed by atoms with E-state index in [2.05, 4.69) is 35.6 Å². The summed E-state index contributed by atoms with van der Waals surface area (Å²) in [6.45, 7) is 21.0. The fourth-order valence-corrected chi connectivity index (χ4v) is 3.09. The Kier molecular flexibility index (Phi) is 9.34. The van der Waals surface area contributed by atoms with E-state index in [0.717, 1.165) is 58.0 Å². The van der Waals surface area contributed by atoms with Gasteiger partial charge in [-0.2, -0.15) is 0 Å². The molecule has 0 bridgehead atoms. The Labute approximate surface area is 177 Å². The zero-order valence-corrected chi connectivity index (χ0v) is 19.4. The molecule has 1 aliphatic heterocycles. The SMILES string of the molecule is CC(C)(C)OCCN1CCN(CCCOc2cccc(COC(C)(C)C)n2)CC1. The van der Waals surface area contributed by atoms with Crippen LogP contribution in [0.15, 0.2) is 18.2 Å². The summed E-state index contributed by atoms with van der Waals surface area (Å²) >= 11 is 0. The minimum Gasteiger partial charge on any atom is -0.478 e. The zero-order chi connectivity index (χ0) is 21.3. The highest BCUT2D eigenvalue weighted by Crippen LogP contribution is 2.14. The first-order valence-corrected chi connectivity index (χ1v) is 10.9. The Morgan fingerprint density at radius 2 is 1.45 bits per heavy atom. The maximum Gasteiger partial charge on any atom is 0.213 e. The van der Waals surface area contributed by atoms with Gasteiger partial charge in [-0.1, -0.05) is 6.07 Å². The van der Waals surface area contributed by atoms with Gasteiger partial charge in [-0.05, 0) is 54.0 Å². The van der Waals surface area contributed by atoms with Crippen molar-refractivity contribution in [2.24, 2.45) is 0 Å². The highest BCUT2D eigenvalue weighted by atomic mass is 16.5. The van der Waals surface area contributed by atoms with Crippen LogP contribution in [-0.4, -0.2) is 78.5 Å². The molecule has 0 unspecified atom stereocenters. The second-order valence-electron chi connectivity index (χ2n) is 9.71. The monoisotopic (exact) mass is 407 g/mol. The number of pyridine rings is 1. The normalized spacial score (nSPS) is 16.9. The van der Waals surface area contributed by atoms with E-state index in [-0.39, 0.29) is 11.2 Å². The molecule has 0 spiro atoms. The van der Waals surface area contributed by atoms with Crippen LogP contribution in [0.5, 0.6) is 5.88 Å². The van der Waals surface area contributed by atoms with Crippen molar-refractivity contribution in [2.45, 2.75) is 65.8 Å². The molecule has 1 aliphatic rings. The van der Waals surface area contributed by atoms with Gasteiger partial charge in [0.2, 0.25) is 5.88 Å². The summed E-state index contributed by atoms with van der Waals surface area (Å²) in [5.74, 6) is 0.684. The largest absolute Gasteiger partial charge is 0.478 e. The molecule has 0 radical (unpaired) electrons. The van der Waals surface area contributed by atoms with Gasteiger partial charge in [-0.3, -0.25) is 4.90 Å². The van der Waals surface area contributed by atoms with Gasteiger partial charge in [0.05, 0.1) is 36.7 Å². The molecule has 2 heterocycles. The molecule has 0 aromatic carbocycles. The van der Waals surface area contributed by atoms with Crippen molar-refractivity contribution in [1.82, 2.24) is 14.8 Å². The Bertz CT molecular complexity index is 588. The van der Waals surface area contributed by atoms with E-state index < -0.39 is 0 Å². The molecule has 0 saturated carbocycles. The molecule has 0 atom stereocenters. The van der Waals surface area contributed by atoms with E-state index in [9.17, 15) is 0 Å². The molecule has 6 heteroatoms. The fraction of sp³-hybridized carbons (Fsp3) is 0.783. The summed E-state index contributed by atoms with van der Waals surface area (Å²) in [6, 6.07) is 5.87. The maximum atomic E-state index is 5.86. The van der Waals surface area contributed by atoms with Gasteiger partial charge in [0.1, 0.15) is 0 Å². The first-order valence-electron chi connectivity index (χ1n) is 10.9. The topological polar surface area (TPSA) is 47.1 Å². The van der Waals surface area contributed by atoms with Gasteiger partial charge >= 0.3 is 0 Å². The van der Waals surface area contributed by atoms with E-state index in [1.165, 1.54) is 0 Å². The molecule has 29 heavy (non-hydrogen) atoms. The zero-order valence-electron chi connectivity index (χ0n) is 19.4. The van der Waals surface area contributed by atoms with E-state index in [4.69, 9.17) is 14.2 Å². The highest BCUT2D eigenvalue weighted by Gasteiger charge is 2.17. The quantitative estimate of drug-likeness (QED) is 0.552. The number of ether oxygens (including phenoxy) is 3. The van der Waals surface area contributed by atoms with Crippen molar-refractivity contribution >= 4 is 0 Å². The van der Waals surface area contributed by atoms with Crippen LogP contribution in [0.3, 0.4) is 0 Å². The molecule has 2 rings (SSSR count). The van der Waals surface area contributed by atoms with Gasteiger partial charge in [0.15, 0.2) is 0 Å². The first-order chi connectivity index (χ1) is 13.6. The Hall–Kier alpha value is -1.21. The van der Waals surface area contributed by atoms with Gasteiger partial charge in [-0.15, -0.1) is 0 Å². The molecular weight excluding hydrogens is 366 g/mol. The summed E-state index contributed by atoms with van der Waals surface area (Å²) in [7, 11) is 0. The van der Waals surface area contributed by atoms with Crippen LogP contribution < -0.4 is 4.74 Å². The summed E-state index contributed by atoms with van der Waals surface area (Å²) in [4.78, 5) is 9.55. The van der Waals surface area contributed by atoms with Crippen molar-refractivity contribution in [1.29, 1.82) is 0 Å². The van der Waals surface area contributed by atoms with Crippen LogP contribution in [0, 0.1) is 0 Å². The Morgan fingerprint density at radius 3 is 2.07 bits per heavy atom. The van der Waals surface area contributed by atoms with Crippen molar-refractivity contribution in [3.8, 4) is 5.88 Å². The number of rotatable bonds is 10. The third kappa shape index (κ3) is 10.9. The molecular formula is C23H41N3O3. The summed E-state index contributed by atoms with van der Waals surface area (Å²) < 4.78 is 17.5. The standard InChI is InChI=1S/C23H41N3O3/c1-22(2,3)28-18-16-26-14-12-25(13-15-26)11-8-17-27-21-10-7-9-20(24-21)19-29-23(4,5)6/h7,9-10H,8,11-19H2,1-6H3. The molecule has 166 valence electrons. The van der Waals surface area contributed by atoms with Gasteiger partial charge in [0, 0.05) is 45.3 Å². The molecule has 1 fully saturated rings. The summed E-state index contributed by atoms with van der Waals surface area (Å²) in [6.07, 6.45) is 1.01. The minimum absolute atomic E-state index is 0.0458.